The van der Waals surface area contributed by atoms with Gasteiger partial charge >= 0.3 is 0 Å². The Morgan fingerprint density at radius 1 is 1.22 bits per heavy atom. The van der Waals surface area contributed by atoms with Crippen LogP contribution in [0.25, 0.3) is 0 Å². The second-order valence-electron chi connectivity index (χ2n) is 3.67. The molecule has 1 aromatic heterocycles. The first kappa shape index (κ1) is 13.4. The van der Waals surface area contributed by atoms with Crippen molar-refractivity contribution in [3.05, 3.63) is 40.6 Å². The lowest BCUT2D eigenvalue weighted by Gasteiger charge is -2.10. The molecule has 0 aliphatic carbocycles. The molecule has 3 nitrogen and oxygen atoms in total. The fourth-order valence-corrected chi connectivity index (χ4v) is 2.86. The molecule has 0 amide bonds. The molecule has 0 aliphatic rings. The van der Waals surface area contributed by atoms with Gasteiger partial charge in [-0.1, -0.05) is 34.6 Å². The average molecular weight is 324 g/mol. The van der Waals surface area contributed by atoms with Crippen LogP contribution in [-0.2, 0) is 6.42 Å². The number of hydrogen-bond donors (Lipinski definition) is 1. The standard InChI is InChI=1S/C13H14BrN3S/c1-3-11-12(15-2)16-8-17-13(11)18-10-6-4-9(14)5-7-10/h4-8H,3H2,1-2H3,(H,15,16,17). The van der Waals surface area contributed by atoms with Crippen LogP contribution in [0.5, 0.6) is 0 Å². The lowest BCUT2D eigenvalue weighted by Crippen LogP contribution is -2.01. The molecule has 0 atom stereocenters. The van der Waals surface area contributed by atoms with Gasteiger partial charge in [0.2, 0.25) is 0 Å². The van der Waals surface area contributed by atoms with Crippen LogP contribution >= 0.6 is 27.7 Å². The molecule has 0 unspecified atom stereocenters. The summed E-state index contributed by atoms with van der Waals surface area (Å²) in [6.45, 7) is 2.12. The smallest absolute Gasteiger partial charge is 0.133 e. The summed E-state index contributed by atoms with van der Waals surface area (Å²) >= 11 is 5.10. The van der Waals surface area contributed by atoms with Gasteiger partial charge in [-0.05, 0) is 30.7 Å². The molecule has 0 bridgehead atoms. The highest BCUT2D eigenvalue weighted by Crippen LogP contribution is 2.31. The van der Waals surface area contributed by atoms with E-state index in [4.69, 9.17) is 0 Å². The number of nitrogens with zero attached hydrogens (tertiary/aromatic N) is 2. The van der Waals surface area contributed by atoms with Crippen molar-refractivity contribution in [3.8, 4) is 0 Å². The second-order valence-corrected chi connectivity index (χ2v) is 5.64. The van der Waals surface area contributed by atoms with E-state index in [1.54, 1.807) is 18.1 Å². The molecule has 5 heteroatoms. The lowest BCUT2D eigenvalue weighted by atomic mass is 10.2. The van der Waals surface area contributed by atoms with Crippen LogP contribution in [0.2, 0.25) is 0 Å². The van der Waals surface area contributed by atoms with E-state index in [1.807, 2.05) is 19.2 Å². The fraction of sp³-hybridized carbons (Fsp3) is 0.231. The number of benzene rings is 1. The van der Waals surface area contributed by atoms with Crippen molar-refractivity contribution < 1.29 is 0 Å². The highest BCUT2D eigenvalue weighted by atomic mass is 79.9. The minimum absolute atomic E-state index is 0.909. The molecule has 1 aromatic carbocycles. The minimum atomic E-state index is 0.909. The van der Waals surface area contributed by atoms with Crippen LogP contribution in [0, 0.1) is 0 Å². The van der Waals surface area contributed by atoms with E-state index in [0.29, 0.717) is 0 Å². The van der Waals surface area contributed by atoms with Crippen molar-refractivity contribution >= 4 is 33.5 Å². The number of aromatic nitrogens is 2. The Bertz CT molecular complexity index is 528. The SMILES string of the molecule is CCc1c(NC)ncnc1Sc1ccc(Br)cc1. The average Bonchev–Trinajstić information content (AvgIpc) is 2.41. The van der Waals surface area contributed by atoms with Crippen LogP contribution in [0.4, 0.5) is 5.82 Å². The molecule has 0 radical (unpaired) electrons. The van der Waals surface area contributed by atoms with Gasteiger partial charge < -0.3 is 5.32 Å². The number of halogens is 1. The molecule has 18 heavy (non-hydrogen) atoms. The van der Waals surface area contributed by atoms with Crippen LogP contribution < -0.4 is 5.32 Å². The third kappa shape index (κ3) is 3.03. The van der Waals surface area contributed by atoms with Crippen molar-refractivity contribution in [2.45, 2.75) is 23.3 Å². The molecule has 0 fully saturated rings. The van der Waals surface area contributed by atoms with Gasteiger partial charge in [-0.3, -0.25) is 0 Å². The maximum Gasteiger partial charge on any atom is 0.133 e. The van der Waals surface area contributed by atoms with Crippen molar-refractivity contribution in [2.75, 3.05) is 12.4 Å². The fourth-order valence-electron chi connectivity index (χ4n) is 1.63. The Morgan fingerprint density at radius 3 is 2.56 bits per heavy atom. The summed E-state index contributed by atoms with van der Waals surface area (Å²) in [4.78, 5) is 9.79. The Morgan fingerprint density at radius 2 is 1.94 bits per heavy atom. The highest BCUT2D eigenvalue weighted by Gasteiger charge is 2.09. The van der Waals surface area contributed by atoms with Crippen LogP contribution in [0.3, 0.4) is 0 Å². The Labute approximate surface area is 120 Å². The molecule has 94 valence electrons. The van der Waals surface area contributed by atoms with Crippen LogP contribution in [0.15, 0.2) is 45.0 Å². The van der Waals surface area contributed by atoms with E-state index in [2.05, 4.69) is 50.3 Å². The zero-order valence-corrected chi connectivity index (χ0v) is 12.7. The molecule has 2 rings (SSSR count). The van der Waals surface area contributed by atoms with Crippen molar-refractivity contribution in [1.29, 1.82) is 0 Å². The predicted molar refractivity (Wildman–Crippen MR) is 79.2 cm³/mol. The van der Waals surface area contributed by atoms with Gasteiger partial charge in [0.1, 0.15) is 17.2 Å². The van der Waals surface area contributed by atoms with Gasteiger partial charge in [0.25, 0.3) is 0 Å². The van der Waals surface area contributed by atoms with Gasteiger partial charge in [0.15, 0.2) is 0 Å². The van der Waals surface area contributed by atoms with Gasteiger partial charge in [-0.15, -0.1) is 0 Å². The zero-order valence-electron chi connectivity index (χ0n) is 10.3. The van der Waals surface area contributed by atoms with Gasteiger partial charge in [0.05, 0.1) is 0 Å². The summed E-state index contributed by atoms with van der Waals surface area (Å²) in [5.74, 6) is 0.909. The third-order valence-electron chi connectivity index (χ3n) is 2.52. The molecule has 1 heterocycles. The summed E-state index contributed by atoms with van der Waals surface area (Å²) < 4.78 is 1.08. The van der Waals surface area contributed by atoms with Crippen molar-refractivity contribution in [1.82, 2.24) is 9.97 Å². The summed E-state index contributed by atoms with van der Waals surface area (Å²) in [7, 11) is 1.88. The number of nitrogens with one attached hydrogen (secondary N) is 1. The molecule has 1 N–H and O–H groups in total. The highest BCUT2D eigenvalue weighted by molar-refractivity contribution is 9.10. The molecule has 0 saturated carbocycles. The Balaban J connectivity index is 2.31. The van der Waals surface area contributed by atoms with Gasteiger partial charge in [0, 0.05) is 22.0 Å². The van der Waals surface area contributed by atoms with Crippen LogP contribution in [0.1, 0.15) is 12.5 Å². The predicted octanol–water partition coefficient (Wildman–Crippen LogP) is 3.99. The third-order valence-corrected chi connectivity index (χ3v) is 4.11. The first-order valence-corrected chi connectivity index (χ1v) is 7.30. The maximum absolute atomic E-state index is 4.38. The molecule has 0 aliphatic heterocycles. The topological polar surface area (TPSA) is 37.8 Å². The lowest BCUT2D eigenvalue weighted by molar-refractivity contribution is 0.946. The summed E-state index contributed by atoms with van der Waals surface area (Å²) in [6.07, 6.45) is 2.52. The maximum atomic E-state index is 4.38. The van der Waals surface area contributed by atoms with Gasteiger partial charge in [-0.25, -0.2) is 9.97 Å². The van der Waals surface area contributed by atoms with Crippen LogP contribution in [-0.4, -0.2) is 17.0 Å². The molecular weight excluding hydrogens is 310 g/mol. The first-order chi connectivity index (χ1) is 8.74. The Kier molecular flexibility index (Phi) is 4.60. The van der Waals surface area contributed by atoms with E-state index < -0.39 is 0 Å². The zero-order chi connectivity index (χ0) is 13.0. The van der Waals surface area contributed by atoms with Crippen molar-refractivity contribution in [3.63, 3.8) is 0 Å². The molecule has 2 aromatic rings. The van der Waals surface area contributed by atoms with E-state index in [1.165, 1.54) is 4.90 Å². The monoisotopic (exact) mass is 323 g/mol. The van der Waals surface area contributed by atoms with E-state index >= 15 is 0 Å². The normalized spacial score (nSPS) is 10.4. The minimum Gasteiger partial charge on any atom is -0.373 e. The number of anilines is 1. The molecule has 0 spiro atoms. The number of rotatable bonds is 4. The molecular formula is C13H14BrN3S. The van der Waals surface area contributed by atoms with Crippen molar-refractivity contribution in [2.24, 2.45) is 0 Å². The number of hydrogen-bond acceptors (Lipinski definition) is 4. The Hall–Kier alpha value is -1.07. The first-order valence-electron chi connectivity index (χ1n) is 5.69. The summed E-state index contributed by atoms with van der Waals surface area (Å²) in [5.41, 5.74) is 1.16. The largest absolute Gasteiger partial charge is 0.373 e. The summed E-state index contributed by atoms with van der Waals surface area (Å²) in [5, 5.41) is 4.12. The van der Waals surface area contributed by atoms with E-state index in [-0.39, 0.29) is 0 Å². The molecule has 0 saturated heterocycles. The summed E-state index contributed by atoms with van der Waals surface area (Å²) in [6, 6.07) is 8.23. The van der Waals surface area contributed by atoms with E-state index in [9.17, 15) is 0 Å². The quantitative estimate of drug-likeness (QED) is 0.863. The van der Waals surface area contributed by atoms with Gasteiger partial charge in [-0.2, -0.15) is 0 Å². The van der Waals surface area contributed by atoms with E-state index in [0.717, 1.165) is 27.3 Å². The second kappa shape index (κ2) is 6.20.